The number of aliphatic carboxylic acids is 1. The Hall–Kier alpha value is -2.74. The molecule has 0 aliphatic carbocycles. The predicted octanol–water partition coefficient (Wildman–Crippen LogP) is 5.33. The van der Waals surface area contributed by atoms with E-state index in [1.807, 2.05) is 43.3 Å². The molecule has 0 saturated heterocycles. The third kappa shape index (κ3) is 5.35. The summed E-state index contributed by atoms with van der Waals surface area (Å²) >= 11 is 6.19. The first-order valence-corrected chi connectivity index (χ1v) is 12.0. The van der Waals surface area contributed by atoms with Crippen molar-refractivity contribution in [2.75, 3.05) is 6.54 Å². The van der Waals surface area contributed by atoms with Gasteiger partial charge in [-0.3, -0.25) is 9.78 Å². The molecule has 3 rings (SSSR count). The molecule has 168 valence electrons. The molecule has 1 aromatic heterocycles. The number of carbonyl (C=O) groups is 1. The van der Waals surface area contributed by atoms with Crippen molar-refractivity contribution in [1.82, 2.24) is 9.29 Å². The first kappa shape index (κ1) is 23.9. The van der Waals surface area contributed by atoms with Crippen LogP contribution in [0.3, 0.4) is 0 Å². The molecule has 0 aliphatic rings. The summed E-state index contributed by atoms with van der Waals surface area (Å²) in [6, 6.07) is 15.7. The molecule has 0 spiro atoms. The number of nitrogens with zero attached hydrogens (tertiary/aromatic N) is 2. The van der Waals surface area contributed by atoms with Gasteiger partial charge in [-0.15, -0.1) is 0 Å². The van der Waals surface area contributed by atoms with Crippen molar-refractivity contribution in [3.05, 3.63) is 83.1 Å². The van der Waals surface area contributed by atoms with Crippen molar-refractivity contribution in [3.63, 3.8) is 0 Å². The average Bonchev–Trinajstić information content (AvgIpc) is 2.78. The van der Waals surface area contributed by atoms with E-state index in [0.717, 1.165) is 16.7 Å². The lowest BCUT2D eigenvalue weighted by atomic mass is 10.0. The fraction of sp³-hybridized carbons (Fsp3) is 0.250. The van der Waals surface area contributed by atoms with Gasteiger partial charge >= 0.3 is 5.97 Å². The first-order valence-electron chi connectivity index (χ1n) is 10.2. The standard InChI is InChI=1S/C24H25ClN2O4S/c1-17-22(25)8-4-9-23(17)32(30,31)27(15-5-10-24(28)29)18(2)20-6-3-7-21(16-20)19-11-13-26-14-12-19/h3-4,6-9,11-14,16,18H,5,10,15H2,1-2H3,(H,28,29). The third-order valence-corrected chi connectivity index (χ3v) is 7.91. The van der Waals surface area contributed by atoms with E-state index in [4.69, 9.17) is 16.7 Å². The summed E-state index contributed by atoms with van der Waals surface area (Å²) in [6.45, 7) is 3.55. The Kier molecular flexibility index (Phi) is 7.66. The van der Waals surface area contributed by atoms with Crippen molar-refractivity contribution in [3.8, 4) is 11.1 Å². The predicted molar refractivity (Wildman–Crippen MR) is 125 cm³/mol. The van der Waals surface area contributed by atoms with E-state index in [1.165, 1.54) is 10.4 Å². The zero-order valence-corrected chi connectivity index (χ0v) is 19.5. The summed E-state index contributed by atoms with van der Waals surface area (Å²) in [5.41, 5.74) is 3.19. The topological polar surface area (TPSA) is 87.6 Å². The van der Waals surface area contributed by atoms with Gasteiger partial charge in [0.05, 0.1) is 4.90 Å². The van der Waals surface area contributed by atoms with Crippen LogP contribution >= 0.6 is 11.6 Å². The molecule has 0 aliphatic heterocycles. The molecular weight excluding hydrogens is 448 g/mol. The number of sulfonamides is 1. The Labute approximate surface area is 193 Å². The molecule has 32 heavy (non-hydrogen) atoms. The number of hydrogen-bond acceptors (Lipinski definition) is 4. The minimum Gasteiger partial charge on any atom is -0.481 e. The lowest BCUT2D eigenvalue weighted by Gasteiger charge is -2.29. The number of aromatic nitrogens is 1. The van der Waals surface area contributed by atoms with Gasteiger partial charge in [-0.05, 0) is 72.9 Å². The maximum absolute atomic E-state index is 13.7. The Morgan fingerprint density at radius 3 is 2.47 bits per heavy atom. The lowest BCUT2D eigenvalue weighted by Crippen LogP contribution is -2.35. The highest BCUT2D eigenvalue weighted by Gasteiger charge is 2.31. The minimum atomic E-state index is -3.93. The zero-order valence-electron chi connectivity index (χ0n) is 17.9. The fourth-order valence-electron chi connectivity index (χ4n) is 3.59. The largest absolute Gasteiger partial charge is 0.481 e. The number of hydrogen-bond donors (Lipinski definition) is 1. The van der Waals surface area contributed by atoms with Crippen LogP contribution in [0.25, 0.3) is 11.1 Å². The molecule has 0 fully saturated rings. The molecule has 0 bridgehead atoms. The van der Waals surface area contributed by atoms with Crippen LogP contribution < -0.4 is 0 Å². The highest BCUT2D eigenvalue weighted by Crippen LogP contribution is 2.33. The van der Waals surface area contributed by atoms with Gasteiger partial charge in [-0.1, -0.05) is 35.9 Å². The van der Waals surface area contributed by atoms with Crippen LogP contribution in [-0.4, -0.2) is 35.3 Å². The van der Waals surface area contributed by atoms with Crippen molar-refractivity contribution >= 4 is 27.6 Å². The number of carboxylic acids is 1. The highest BCUT2D eigenvalue weighted by atomic mass is 35.5. The van der Waals surface area contributed by atoms with Gasteiger partial charge < -0.3 is 5.11 Å². The fourth-order valence-corrected chi connectivity index (χ4v) is 5.73. The van der Waals surface area contributed by atoms with E-state index < -0.39 is 22.0 Å². The van der Waals surface area contributed by atoms with Gasteiger partial charge in [0.25, 0.3) is 0 Å². The van der Waals surface area contributed by atoms with Crippen molar-refractivity contribution in [2.24, 2.45) is 0 Å². The second-order valence-electron chi connectivity index (χ2n) is 7.51. The molecule has 1 atom stereocenters. The zero-order chi connectivity index (χ0) is 23.3. The summed E-state index contributed by atoms with van der Waals surface area (Å²) in [5.74, 6) is -0.964. The van der Waals surface area contributed by atoms with Crippen LogP contribution in [0.4, 0.5) is 0 Å². The lowest BCUT2D eigenvalue weighted by molar-refractivity contribution is -0.137. The third-order valence-electron chi connectivity index (χ3n) is 5.39. The summed E-state index contributed by atoms with van der Waals surface area (Å²) in [4.78, 5) is 15.2. The molecule has 0 radical (unpaired) electrons. The second-order valence-corrected chi connectivity index (χ2v) is 9.78. The van der Waals surface area contributed by atoms with Crippen LogP contribution in [0, 0.1) is 6.92 Å². The summed E-state index contributed by atoms with van der Waals surface area (Å²) in [6.07, 6.45) is 3.49. The smallest absolute Gasteiger partial charge is 0.303 e. The first-order chi connectivity index (χ1) is 15.2. The molecule has 2 aromatic carbocycles. The molecule has 0 saturated carbocycles. The number of benzene rings is 2. The van der Waals surface area contributed by atoms with Gasteiger partial charge in [-0.25, -0.2) is 8.42 Å². The molecule has 1 unspecified atom stereocenters. The number of pyridine rings is 1. The van der Waals surface area contributed by atoms with Crippen LogP contribution in [0.15, 0.2) is 71.9 Å². The van der Waals surface area contributed by atoms with Crippen LogP contribution in [-0.2, 0) is 14.8 Å². The molecule has 1 heterocycles. The van der Waals surface area contributed by atoms with Gasteiger partial charge in [0.2, 0.25) is 10.0 Å². The van der Waals surface area contributed by atoms with Crippen molar-refractivity contribution in [2.45, 2.75) is 37.6 Å². The average molecular weight is 473 g/mol. The van der Waals surface area contributed by atoms with Crippen LogP contribution in [0.2, 0.25) is 5.02 Å². The van der Waals surface area contributed by atoms with E-state index in [0.29, 0.717) is 10.6 Å². The second kappa shape index (κ2) is 10.3. The number of rotatable bonds is 9. The maximum Gasteiger partial charge on any atom is 0.303 e. The van der Waals surface area contributed by atoms with Gasteiger partial charge in [0, 0.05) is 36.4 Å². The SMILES string of the molecule is Cc1c(Cl)cccc1S(=O)(=O)N(CCCC(=O)O)C(C)c1cccc(-c2ccncc2)c1. The van der Waals surface area contributed by atoms with E-state index in [2.05, 4.69) is 4.98 Å². The van der Waals surface area contributed by atoms with Crippen molar-refractivity contribution in [1.29, 1.82) is 0 Å². The van der Waals surface area contributed by atoms with E-state index in [-0.39, 0.29) is 24.3 Å². The van der Waals surface area contributed by atoms with E-state index in [9.17, 15) is 13.2 Å². The van der Waals surface area contributed by atoms with Crippen LogP contribution in [0.1, 0.15) is 36.9 Å². The van der Waals surface area contributed by atoms with E-state index >= 15 is 0 Å². The monoisotopic (exact) mass is 472 g/mol. The Bertz CT molecular complexity index is 1200. The summed E-state index contributed by atoms with van der Waals surface area (Å²) in [7, 11) is -3.93. The molecular formula is C24H25ClN2O4S. The summed E-state index contributed by atoms with van der Waals surface area (Å²) < 4.78 is 28.7. The Morgan fingerprint density at radius 2 is 1.78 bits per heavy atom. The number of carboxylic acid groups (broad SMARTS) is 1. The van der Waals surface area contributed by atoms with Gasteiger partial charge in [-0.2, -0.15) is 4.31 Å². The Balaban J connectivity index is 2.02. The van der Waals surface area contributed by atoms with E-state index in [1.54, 1.807) is 31.5 Å². The number of halogens is 1. The Morgan fingerprint density at radius 1 is 1.09 bits per heavy atom. The minimum absolute atomic E-state index is 0.0707. The summed E-state index contributed by atoms with van der Waals surface area (Å²) in [5, 5.41) is 9.42. The van der Waals surface area contributed by atoms with Gasteiger partial charge in [0.15, 0.2) is 0 Å². The highest BCUT2D eigenvalue weighted by molar-refractivity contribution is 7.89. The molecule has 8 heteroatoms. The van der Waals surface area contributed by atoms with Crippen molar-refractivity contribution < 1.29 is 18.3 Å². The van der Waals surface area contributed by atoms with Gasteiger partial charge in [0.1, 0.15) is 0 Å². The molecule has 6 nitrogen and oxygen atoms in total. The quantitative estimate of drug-likeness (QED) is 0.455. The normalized spacial score (nSPS) is 12.6. The maximum atomic E-state index is 13.7. The van der Waals surface area contributed by atoms with Crippen LogP contribution in [0.5, 0.6) is 0 Å². The molecule has 3 aromatic rings. The molecule has 0 amide bonds. The molecule has 1 N–H and O–H groups in total.